The molecular formula is C11H13Cl2NOS. The fourth-order valence-corrected chi connectivity index (χ4v) is 2.51. The molecule has 0 N–H and O–H groups in total. The van der Waals surface area contributed by atoms with E-state index < -0.39 is 5.38 Å². The average Bonchev–Trinajstić information content (AvgIpc) is 2.62. The molecular weight excluding hydrogens is 265 g/mol. The van der Waals surface area contributed by atoms with Crippen molar-refractivity contribution in [2.75, 3.05) is 6.54 Å². The van der Waals surface area contributed by atoms with Crippen LogP contribution in [0.4, 0.5) is 0 Å². The summed E-state index contributed by atoms with van der Waals surface area (Å²) in [5, 5.41) is -0.518. The van der Waals surface area contributed by atoms with Gasteiger partial charge in [0.1, 0.15) is 5.38 Å². The van der Waals surface area contributed by atoms with Crippen LogP contribution in [0.3, 0.4) is 0 Å². The first-order valence-corrected chi connectivity index (χ1v) is 6.45. The number of hydrogen-bond donors (Lipinski definition) is 0. The van der Waals surface area contributed by atoms with Crippen LogP contribution in [0, 0.1) is 0 Å². The normalized spacial score (nSPS) is 12.2. The zero-order valence-corrected chi connectivity index (χ0v) is 11.3. The molecule has 1 rings (SSSR count). The molecule has 0 aromatic carbocycles. The van der Waals surface area contributed by atoms with Gasteiger partial charge < -0.3 is 4.90 Å². The molecule has 2 nitrogen and oxygen atoms in total. The molecule has 16 heavy (non-hydrogen) atoms. The zero-order chi connectivity index (χ0) is 12.1. The standard InChI is InChI=1S/C11H13Cl2NOS/c1-3-6-14(11(15)8(2)12)7-9-4-5-10(13)16-9/h3-5,8H,1,6-7H2,2H3. The van der Waals surface area contributed by atoms with E-state index in [1.54, 1.807) is 17.9 Å². The van der Waals surface area contributed by atoms with Gasteiger partial charge in [-0.2, -0.15) is 0 Å². The highest BCUT2D eigenvalue weighted by molar-refractivity contribution is 7.16. The van der Waals surface area contributed by atoms with Crippen LogP contribution in [0.2, 0.25) is 4.34 Å². The number of carbonyl (C=O) groups excluding carboxylic acids is 1. The molecule has 0 bridgehead atoms. The predicted octanol–water partition coefficient (Wildman–Crippen LogP) is 3.54. The van der Waals surface area contributed by atoms with Crippen LogP contribution in [0.25, 0.3) is 0 Å². The second kappa shape index (κ2) is 6.28. The monoisotopic (exact) mass is 277 g/mol. The first-order valence-electron chi connectivity index (χ1n) is 4.82. The first-order chi connectivity index (χ1) is 7.54. The molecule has 1 unspecified atom stereocenters. The van der Waals surface area contributed by atoms with Gasteiger partial charge in [0, 0.05) is 11.4 Å². The Balaban J connectivity index is 2.71. The van der Waals surface area contributed by atoms with Gasteiger partial charge in [0.15, 0.2) is 0 Å². The van der Waals surface area contributed by atoms with E-state index in [0.717, 1.165) is 9.21 Å². The van der Waals surface area contributed by atoms with Gasteiger partial charge in [-0.25, -0.2) is 0 Å². The first kappa shape index (κ1) is 13.6. The van der Waals surface area contributed by atoms with Crippen LogP contribution >= 0.6 is 34.5 Å². The second-order valence-electron chi connectivity index (χ2n) is 3.33. The molecule has 1 atom stereocenters. The van der Waals surface area contributed by atoms with Crippen LogP contribution < -0.4 is 0 Å². The molecule has 0 fully saturated rings. The Morgan fingerprint density at radius 2 is 2.38 bits per heavy atom. The molecule has 0 saturated heterocycles. The number of hydrogen-bond acceptors (Lipinski definition) is 2. The topological polar surface area (TPSA) is 20.3 Å². The van der Waals surface area contributed by atoms with E-state index in [2.05, 4.69) is 6.58 Å². The molecule has 0 saturated carbocycles. The highest BCUT2D eigenvalue weighted by Gasteiger charge is 2.18. The average molecular weight is 278 g/mol. The quantitative estimate of drug-likeness (QED) is 0.596. The molecule has 88 valence electrons. The molecule has 0 radical (unpaired) electrons. The van der Waals surface area contributed by atoms with Gasteiger partial charge in [0.2, 0.25) is 5.91 Å². The predicted molar refractivity (Wildman–Crippen MR) is 70.3 cm³/mol. The Hall–Kier alpha value is -0.510. The summed E-state index contributed by atoms with van der Waals surface area (Å²) in [7, 11) is 0. The van der Waals surface area contributed by atoms with E-state index in [0.29, 0.717) is 13.1 Å². The van der Waals surface area contributed by atoms with Crippen molar-refractivity contribution in [3.05, 3.63) is 34.0 Å². The lowest BCUT2D eigenvalue weighted by Gasteiger charge is -2.21. The third kappa shape index (κ3) is 3.81. The van der Waals surface area contributed by atoms with Crippen molar-refractivity contribution < 1.29 is 4.79 Å². The minimum atomic E-state index is -0.518. The van der Waals surface area contributed by atoms with Crippen molar-refractivity contribution >= 4 is 40.4 Å². The van der Waals surface area contributed by atoms with E-state index in [1.807, 2.05) is 12.1 Å². The molecule has 1 aromatic heterocycles. The summed E-state index contributed by atoms with van der Waals surface area (Å²) in [6.45, 7) is 6.32. The van der Waals surface area contributed by atoms with Crippen molar-refractivity contribution in [3.8, 4) is 0 Å². The van der Waals surface area contributed by atoms with Crippen molar-refractivity contribution in [1.82, 2.24) is 4.90 Å². The van der Waals surface area contributed by atoms with Crippen LogP contribution in [0.15, 0.2) is 24.8 Å². The smallest absolute Gasteiger partial charge is 0.240 e. The minimum Gasteiger partial charge on any atom is -0.333 e. The number of carbonyl (C=O) groups is 1. The molecule has 0 spiro atoms. The van der Waals surface area contributed by atoms with E-state index >= 15 is 0 Å². The lowest BCUT2D eigenvalue weighted by molar-refractivity contribution is -0.130. The van der Waals surface area contributed by atoms with Gasteiger partial charge in [-0.3, -0.25) is 4.79 Å². The number of alkyl halides is 1. The van der Waals surface area contributed by atoms with E-state index in [9.17, 15) is 4.79 Å². The fraction of sp³-hybridized carbons (Fsp3) is 0.364. The SMILES string of the molecule is C=CCN(Cc1ccc(Cl)s1)C(=O)C(C)Cl. The summed E-state index contributed by atoms with van der Waals surface area (Å²) in [4.78, 5) is 14.5. The van der Waals surface area contributed by atoms with Crippen molar-refractivity contribution in [2.45, 2.75) is 18.8 Å². The van der Waals surface area contributed by atoms with Gasteiger partial charge in [-0.05, 0) is 19.1 Å². The number of halogens is 2. The molecule has 1 amide bonds. The zero-order valence-electron chi connectivity index (χ0n) is 8.95. The molecule has 1 heterocycles. The summed E-state index contributed by atoms with van der Waals surface area (Å²) in [5.74, 6) is -0.0916. The van der Waals surface area contributed by atoms with Crippen LogP contribution in [0.1, 0.15) is 11.8 Å². The van der Waals surface area contributed by atoms with E-state index in [4.69, 9.17) is 23.2 Å². The van der Waals surface area contributed by atoms with Crippen LogP contribution in [-0.2, 0) is 11.3 Å². The lowest BCUT2D eigenvalue weighted by atomic mass is 10.3. The van der Waals surface area contributed by atoms with E-state index in [1.165, 1.54) is 11.3 Å². The highest BCUT2D eigenvalue weighted by Crippen LogP contribution is 2.23. The summed E-state index contributed by atoms with van der Waals surface area (Å²) < 4.78 is 0.722. The van der Waals surface area contributed by atoms with E-state index in [-0.39, 0.29) is 5.91 Å². The Bertz CT molecular complexity index is 376. The Labute approximate surface area is 109 Å². The maximum absolute atomic E-state index is 11.8. The maximum atomic E-state index is 11.8. The number of nitrogens with zero attached hydrogens (tertiary/aromatic N) is 1. The van der Waals surface area contributed by atoms with Gasteiger partial charge in [0.05, 0.1) is 10.9 Å². The molecule has 5 heteroatoms. The van der Waals surface area contributed by atoms with Crippen molar-refractivity contribution in [3.63, 3.8) is 0 Å². The minimum absolute atomic E-state index is 0.0916. The van der Waals surface area contributed by atoms with Crippen LogP contribution in [-0.4, -0.2) is 22.7 Å². The second-order valence-corrected chi connectivity index (χ2v) is 5.78. The Morgan fingerprint density at radius 1 is 1.69 bits per heavy atom. The highest BCUT2D eigenvalue weighted by atomic mass is 35.5. The third-order valence-electron chi connectivity index (χ3n) is 1.98. The number of thiophene rings is 1. The summed E-state index contributed by atoms with van der Waals surface area (Å²) >= 11 is 13.1. The van der Waals surface area contributed by atoms with Gasteiger partial charge >= 0.3 is 0 Å². The molecule has 0 aliphatic carbocycles. The summed E-state index contributed by atoms with van der Waals surface area (Å²) in [5.41, 5.74) is 0. The number of amides is 1. The van der Waals surface area contributed by atoms with Gasteiger partial charge in [-0.15, -0.1) is 29.5 Å². The Morgan fingerprint density at radius 3 is 2.81 bits per heavy atom. The third-order valence-corrected chi connectivity index (χ3v) is 3.38. The maximum Gasteiger partial charge on any atom is 0.240 e. The van der Waals surface area contributed by atoms with Crippen molar-refractivity contribution in [2.24, 2.45) is 0 Å². The largest absolute Gasteiger partial charge is 0.333 e. The molecule has 0 aliphatic rings. The molecule has 1 aromatic rings. The lowest BCUT2D eigenvalue weighted by Crippen LogP contribution is -2.35. The number of rotatable bonds is 5. The Kier molecular flexibility index (Phi) is 5.32. The van der Waals surface area contributed by atoms with Gasteiger partial charge in [-0.1, -0.05) is 17.7 Å². The summed E-state index contributed by atoms with van der Waals surface area (Å²) in [6, 6.07) is 3.73. The fourth-order valence-electron chi connectivity index (χ4n) is 1.26. The van der Waals surface area contributed by atoms with Crippen molar-refractivity contribution in [1.29, 1.82) is 0 Å². The van der Waals surface area contributed by atoms with Crippen LogP contribution in [0.5, 0.6) is 0 Å². The molecule has 0 aliphatic heterocycles. The van der Waals surface area contributed by atoms with Gasteiger partial charge in [0.25, 0.3) is 0 Å². The summed E-state index contributed by atoms with van der Waals surface area (Å²) in [6.07, 6.45) is 1.69.